The topological polar surface area (TPSA) is 52.7 Å². The van der Waals surface area contributed by atoms with E-state index in [1.54, 1.807) is 29.2 Å². The molecule has 34 heavy (non-hydrogen) atoms. The third kappa shape index (κ3) is 5.94. The van der Waals surface area contributed by atoms with Crippen LogP contribution in [0.4, 0.5) is 15.8 Å². The number of amides is 2. The maximum atomic E-state index is 13.4. The number of nitrogens with zero attached hydrogens (tertiary/aromatic N) is 2. The molecule has 0 aliphatic heterocycles. The van der Waals surface area contributed by atoms with Gasteiger partial charge in [0, 0.05) is 43.6 Å². The minimum atomic E-state index is -0.386. The lowest BCUT2D eigenvalue weighted by atomic mass is 10.1. The summed E-state index contributed by atoms with van der Waals surface area (Å²) in [5.74, 6) is -0.872. The van der Waals surface area contributed by atoms with Gasteiger partial charge in [0.1, 0.15) is 5.82 Å². The minimum Gasteiger partial charge on any atom is -0.377 e. The highest BCUT2D eigenvalue weighted by molar-refractivity contribution is 6.34. The van der Waals surface area contributed by atoms with Crippen LogP contribution in [0.2, 0.25) is 5.02 Å². The van der Waals surface area contributed by atoms with E-state index in [2.05, 4.69) is 5.32 Å². The highest BCUT2D eigenvalue weighted by atomic mass is 35.5. The largest absolute Gasteiger partial charge is 0.377 e. The van der Waals surface area contributed by atoms with E-state index >= 15 is 0 Å². The van der Waals surface area contributed by atoms with Gasteiger partial charge in [-0.05, 0) is 73.5 Å². The number of hydrogen-bond acceptors (Lipinski definition) is 3. The molecule has 3 rings (SSSR count). The summed E-state index contributed by atoms with van der Waals surface area (Å²) in [5, 5.41) is 3.28. The summed E-state index contributed by atoms with van der Waals surface area (Å²) in [6.45, 7) is 4.33. The molecule has 1 N–H and O–H groups in total. The highest BCUT2D eigenvalue weighted by Crippen LogP contribution is 2.27. The fraction of sp³-hybridized carbons (Fsp3) is 0.259. The quantitative estimate of drug-likeness (QED) is 0.414. The van der Waals surface area contributed by atoms with Crippen molar-refractivity contribution in [1.29, 1.82) is 0 Å². The number of nitrogens with one attached hydrogen (secondary N) is 1. The summed E-state index contributed by atoms with van der Waals surface area (Å²) < 4.78 is 13.4. The van der Waals surface area contributed by atoms with E-state index in [-0.39, 0.29) is 23.7 Å². The second-order valence-corrected chi connectivity index (χ2v) is 8.78. The maximum Gasteiger partial charge on any atom is 0.257 e. The zero-order valence-electron chi connectivity index (χ0n) is 19.8. The van der Waals surface area contributed by atoms with E-state index in [1.165, 1.54) is 24.3 Å². The summed E-state index contributed by atoms with van der Waals surface area (Å²) in [6.07, 6.45) is 0.757. The average molecular weight is 482 g/mol. The third-order valence-electron chi connectivity index (χ3n) is 5.75. The first kappa shape index (κ1) is 25.2. The van der Waals surface area contributed by atoms with Gasteiger partial charge < -0.3 is 15.1 Å². The third-order valence-corrected chi connectivity index (χ3v) is 6.08. The van der Waals surface area contributed by atoms with E-state index in [9.17, 15) is 14.0 Å². The summed E-state index contributed by atoms with van der Waals surface area (Å²) >= 11 is 6.17. The van der Waals surface area contributed by atoms with Gasteiger partial charge in [0.25, 0.3) is 11.8 Å². The molecule has 0 fully saturated rings. The lowest BCUT2D eigenvalue weighted by Gasteiger charge is -2.31. The molecular weight excluding hydrogens is 453 g/mol. The van der Waals surface area contributed by atoms with Gasteiger partial charge in [0.05, 0.1) is 10.6 Å². The van der Waals surface area contributed by atoms with Crippen LogP contribution in [0.15, 0.2) is 66.7 Å². The average Bonchev–Trinajstić information content (AvgIpc) is 2.82. The Morgan fingerprint density at radius 1 is 1.03 bits per heavy atom. The van der Waals surface area contributed by atoms with Crippen LogP contribution in [0.5, 0.6) is 0 Å². The first-order valence-corrected chi connectivity index (χ1v) is 11.5. The molecule has 5 nitrogen and oxygen atoms in total. The van der Waals surface area contributed by atoms with E-state index < -0.39 is 0 Å². The second-order valence-electron chi connectivity index (χ2n) is 8.37. The molecule has 3 aromatic carbocycles. The normalized spacial score (nSPS) is 11.6. The molecule has 0 aliphatic rings. The Labute approximate surface area is 205 Å². The highest BCUT2D eigenvalue weighted by Gasteiger charge is 2.23. The molecule has 3 aromatic rings. The molecule has 0 aliphatic carbocycles. The Bertz CT molecular complexity index is 1160. The Balaban J connectivity index is 1.93. The molecule has 2 amide bonds. The standard InChI is InChI=1S/C27H29ClFN3O2/c1-5-18(2)32(27(34)19-10-12-21(29)13-11-19)17-20-16-22(14-15-25(20)31(3)4)30-26(33)23-8-6-7-9-24(23)28/h6-16,18H,5,17H2,1-4H3,(H,30,33)/t18-/m0/s1. The van der Waals surface area contributed by atoms with Crippen molar-refractivity contribution in [3.63, 3.8) is 0 Å². The molecule has 7 heteroatoms. The molecule has 0 bridgehead atoms. The fourth-order valence-electron chi connectivity index (χ4n) is 3.66. The van der Waals surface area contributed by atoms with Gasteiger partial charge in [-0.1, -0.05) is 30.7 Å². The molecule has 0 saturated carbocycles. The molecule has 0 heterocycles. The van der Waals surface area contributed by atoms with Gasteiger partial charge in [-0.2, -0.15) is 0 Å². The Morgan fingerprint density at radius 2 is 1.71 bits per heavy atom. The number of halogens is 2. The molecule has 0 aromatic heterocycles. The van der Waals surface area contributed by atoms with Gasteiger partial charge in [-0.3, -0.25) is 9.59 Å². The van der Waals surface area contributed by atoms with Crippen LogP contribution in [0.25, 0.3) is 0 Å². The predicted molar refractivity (Wildman–Crippen MR) is 136 cm³/mol. The number of benzene rings is 3. The van der Waals surface area contributed by atoms with Crippen molar-refractivity contribution < 1.29 is 14.0 Å². The van der Waals surface area contributed by atoms with Gasteiger partial charge >= 0.3 is 0 Å². The summed E-state index contributed by atoms with van der Waals surface area (Å²) in [7, 11) is 3.85. The number of carbonyl (C=O) groups is 2. The summed E-state index contributed by atoms with van der Waals surface area (Å²) in [4.78, 5) is 29.8. The van der Waals surface area contributed by atoms with Crippen LogP contribution in [-0.2, 0) is 6.54 Å². The number of hydrogen-bond donors (Lipinski definition) is 1. The number of rotatable bonds is 8. The second kappa shape index (κ2) is 11.2. The summed E-state index contributed by atoms with van der Waals surface area (Å²) in [5.41, 5.74) is 3.21. The number of anilines is 2. The van der Waals surface area contributed by atoms with Crippen LogP contribution in [0.1, 0.15) is 46.5 Å². The first-order valence-electron chi connectivity index (χ1n) is 11.1. The molecule has 0 radical (unpaired) electrons. The minimum absolute atomic E-state index is 0.0473. The van der Waals surface area contributed by atoms with Gasteiger partial charge in [0.2, 0.25) is 0 Å². The Morgan fingerprint density at radius 3 is 2.32 bits per heavy atom. The van der Waals surface area contributed by atoms with Crippen LogP contribution in [0.3, 0.4) is 0 Å². The van der Waals surface area contributed by atoms with Crippen molar-refractivity contribution in [2.45, 2.75) is 32.9 Å². The van der Waals surface area contributed by atoms with Gasteiger partial charge in [-0.25, -0.2) is 4.39 Å². The smallest absolute Gasteiger partial charge is 0.257 e. The van der Waals surface area contributed by atoms with E-state index in [1.807, 2.05) is 51.0 Å². The zero-order valence-corrected chi connectivity index (χ0v) is 20.6. The first-order chi connectivity index (χ1) is 16.2. The van der Waals surface area contributed by atoms with Crippen LogP contribution in [-0.4, -0.2) is 36.9 Å². The Hall–Kier alpha value is -3.38. The lowest BCUT2D eigenvalue weighted by molar-refractivity contribution is 0.0671. The van der Waals surface area contributed by atoms with Crippen LogP contribution < -0.4 is 10.2 Å². The Kier molecular flexibility index (Phi) is 8.29. The molecule has 0 spiro atoms. The van der Waals surface area contributed by atoms with Crippen LogP contribution >= 0.6 is 11.6 Å². The van der Waals surface area contributed by atoms with Crippen molar-refractivity contribution in [3.8, 4) is 0 Å². The van der Waals surface area contributed by atoms with Crippen molar-refractivity contribution in [2.24, 2.45) is 0 Å². The van der Waals surface area contributed by atoms with Crippen molar-refractivity contribution in [2.75, 3.05) is 24.3 Å². The SMILES string of the molecule is CC[C@H](C)N(Cc1cc(NC(=O)c2ccccc2Cl)ccc1N(C)C)C(=O)c1ccc(F)cc1. The molecule has 1 atom stereocenters. The van der Waals surface area contributed by atoms with Crippen LogP contribution in [0, 0.1) is 5.82 Å². The molecular formula is C27H29ClFN3O2. The van der Waals surface area contributed by atoms with Crippen molar-refractivity contribution in [1.82, 2.24) is 4.90 Å². The maximum absolute atomic E-state index is 13.4. The van der Waals surface area contributed by atoms with Crippen molar-refractivity contribution >= 4 is 34.8 Å². The van der Waals surface area contributed by atoms with E-state index in [0.717, 1.165) is 17.7 Å². The zero-order chi connectivity index (χ0) is 24.8. The van der Waals surface area contributed by atoms with Gasteiger partial charge in [-0.15, -0.1) is 0 Å². The number of carbonyl (C=O) groups excluding carboxylic acids is 2. The van der Waals surface area contributed by atoms with E-state index in [4.69, 9.17) is 11.6 Å². The molecule has 0 saturated heterocycles. The summed E-state index contributed by atoms with van der Waals surface area (Å²) in [6, 6.07) is 18.0. The molecule has 0 unspecified atom stereocenters. The molecule has 178 valence electrons. The lowest BCUT2D eigenvalue weighted by Crippen LogP contribution is -2.38. The predicted octanol–water partition coefficient (Wildman–Crippen LogP) is 6.24. The van der Waals surface area contributed by atoms with Gasteiger partial charge in [0.15, 0.2) is 0 Å². The van der Waals surface area contributed by atoms with E-state index in [0.29, 0.717) is 28.4 Å². The van der Waals surface area contributed by atoms with Crippen molar-refractivity contribution in [3.05, 3.63) is 94.3 Å². The monoisotopic (exact) mass is 481 g/mol. The fourth-order valence-corrected chi connectivity index (χ4v) is 3.88.